The maximum atomic E-state index is 11.9. The van der Waals surface area contributed by atoms with Crippen LogP contribution < -0.4 is 10.6 Å². The SMILES string of the molecule is CC(=O)Nc1cccc(NC(=O)CCc2ccncc2)n1. The largest absolute Gasteiger partial charge is 0.311 e. The molecule has 0 fully saturated rings. The van der Waals surface area contributed by atoms with Gasteiger partial charge in [0.1, 0.15) is 11.6 Å². The van der Waals surface area contributed by atoms with E-state index in [0.29, 0.717) is 24.5 Å². The smallest absolute Gasteiger partial charge is 0.225 e. The molecule has 0 aliphatic rings. The average Bonchev–Trinajstić information content (AvgIpc) is 2.46. The summed E-state index contributed by atoms with van der Waals surface area (Å²) in [6.45, 7) is 1.40. The minimum absolute atomic E-state index is 0.126. The van der Waals surface area contributed by atoms with Crippen molar-refractivity contribution in [2.24, 2.45) is 0 Å². The van der Waals surface area contributed by atoms with Crippen LogP contribution >= 0.6 is 0 Å². The lowest BCUT2D eigenvalue weighted by atomic mass is 10.1. The maximum Gasteiger partial charge on any atom is 0.225 e. The van der Waals surface area contributed by atoms with Crippen molar-refractivity contribution in [2.75, 3.05) is 10.6 Å². The van der Waals surface area contributed by atoms with E-state index in [2.05, 4.69) is 20.6 Å². The van der Waals surface area contributed by atoms with Gasteiger partial charge in [-0.05, 0) is 36.2 Å². The van der Waals surface area contributed by atoms with E-state index in [9.17, 15) is 9.59 Å². The summed E-state index contributed by atoms with van der Waals surface area (Å²) in [5.74, 6) is 0.498. The first-order chi connectivity index (χ1) is 10.1. The molecular weight excluding hydrogens is 268 g/mol. The second-order valence-electron chi connectivity index (χ2n) is 4.49. The molecule has 2 aromatic heterocycles. The zero-order chi connectivity index (χ0) is 15.1. The molecule has 0 radical (unpaired) electrons. The van der Waals surface area contributed by atoms with E-state index in [1.807, 2.05) is 12.1 Å². The minimum atomic E-state index is -0.205. The highest BCUT2D eigenvalue weighted by Crippen LogP contribution is 2.10. The van der Waals surface area contributed by atoms with Crippen LogP contribution in [0.4, 0.5) is 11.6 Å². The number of rotatable bonds is 5. The van der Waals surface area contributed by atoms with Gasteiger partial charge in [0.15, 0.2) is 0 Å². The van der Waals surface area contributed by atoms with Crippen LogP contribution in [0.15, 0.2) is 42.7 Å². The molecule has 0 unspecified atom stereocenters. The van der Waals surface area contributed by atoms with Gasteiger partial charge in [-0.25, -0.2) is 4.98 Å². The Bertz CT molecular complexity index is 629. The van der Waals surface area contributed by atoms with Gasteiger partial charge in [0.2, 0.25) is 11.8 Å². The van der Waals surface area contributed by atoms with Gasteiger partial charge in [0, 0.05) is 25.7 Å². The highest BCUT2D eigenvalue weighted by atomic mass is 16.2. The molecule has 0 saturated heterocycles. The lowest BCUT2D eigenvalue weighted by Gasteiger charge is -2.06. The number of amides is 2. The summed E-state index contributed by atoms with van der Waals surface area (Å²) in [5.41, 5.74) is 1.06. The topological polar surface area (TPSA) is 84.0 Å². The van der Waals surface area contributed by atoms with Gasteiger partial charge in [-0.3, -0.25) is 14.6 Å². The molecule has 2 amide bonds. The second kappa shape index (κ2) is 7.14. The molecule has 0 aromatic carbocycles. The number of carbonyl (C=O) groups excluding carboxylic acids is 2. The van der Waals surface area contributed by atoms with Crippen LogP contribution in [0.2, 0.25) is 0 Å². The monoisotopic (exact) mass is 284 g/mol. The second-order valence-corrected chi connectivity index (χ2v) is 4.49. The predicted molar refractivity (Wildman–Crippen MR) is 79.7 cm³/mol. The van der Waals surface area contributed by atoms with Crippen LogP contribution in [-0.4, -0.2) is 21.8 Å². The van der Waals surface area contributed by atoms with Gasteiger partial charge < -0.3 is 10.6 Å². The Hall–Kier alpha value is -2.76. The quantitative estimate of drug-likeness (QED) is 0.879. The van der Waals surface area contributed by atoms with Gasteiger partial charge in [-0.2, -0.15) is 0 Å². The van der Waals surface area contributed by atoms with Crippen LogP contribution in [0, 0.1) is 0 Å². The highest BCUT2D eigenvalue weighted by Gasteiger charge is 2.05. The molecule has 0 saturated carbocycles. The zero-order valence-corrected chi connectivity index (χ0v) is 11.7. The van der Waals surface area contributed by atoms with Crippen molar-refractivity contribution in [3.63, 3.8) is 0 Å². The summed E-state index contributed by atoms with van der Waals surface area (Å²) in [6, 6.07) is 8.81. The fourth-order valence-electron chi connectivity index (χ4n) is 1.77. The average molecular weight is 284 g/mol. The Morgan fingerprint density at radius 1 is 1.05 bits per heavy atom. The fourth-order valence-corrected chi connectivity index (χ4v) is 1.77. The molecule has 6 heteroatoms. The molecule has 0 aliphatic carbocycles. The number of pyridine rings is 2. The molecule has 0 atom stereocenters. The molecule has 2 rings (SSSR count). The molecule has 21 heavy (non-hydrogen) atoms. The summed E-state index contributed by atoms with van der Waals surface area (Å²) < 4.78 is 0. The molecule has 0 aliphatic heterocycles. The summed E-state index contributed by atoms with van der Waals surface area (Å²) in [7, 11) is 0. The zero-order valence-electron chi connectivity index (χ0n) is 11.7. The third-order valence-corrected chi connectivity index (χ3v) is 2.71. The first kappa shape index (κ1) is 14.6. The Balaban J connectivity index is 1.89. The van der Waals surface area contributed by atoms with Crippen LogP contribution in [0.1, 0.15) is 18.9 Å². The van der Waals surface area contributed by atoms with Crippen molar-refractivity contribution < 1.29 is 9.59 Å². The Morgan fingerprint density at radius 3 is 2.38 bits per heavy atom. The lowest BCUT2D eigenvalue weighted by Crippen LogP contribution is -2.14. The van der Waals surface area contributed by atoms with Crippen molar-refractivity contribution >= 4 is 23.5 Å². The molecule has 6 nitrogen and oxygen atoms in total. The molecule has 0 bridgehead atoms. The molecular formula is C15H16N4O2. The van der Waals surface area contributed by atoms with Crippen LogP contribution in [-0.2, 0) is 16.0 Å². The molecule has 108 valence electrons. The molecule has 2 N–H and O–H groups in total. The number of hydrogen-bond donors (Lipinski definition) is 2. The van der Waals surface area contributed by atoms with Crippen molar-refractivity contribution in [1.82, 2.24) is 9.97 Å². The van der Waals surface area contributed by atoms with Gasteiger partial charge in [-0.1, -0.05) is 6.07 Å². The number of carbonyl (C=O) groups is 2. The standard InChI is InChI=1S/C15H16N4O2/c1-11(20)17-13-3-2-4-14(18-13)19-15(21)6-5-12-7-9-16-10-8-12/h2-4,7-10H,5-6H2,1H3,(H2,17,18,19,20,21). The van der Waals surface area contributed by atoms with E-state index in [0.717, 1.165) is 5.56 Å². The van der Waals surface area contributed by atoms with Crippen molar-refractivity contribution in [1.29, 1.82) is 0 Å². The normalized spacial score (nSPS) is 9.95. The number of aryl methyl sites for hydroxylation is 1. The van der Waals surface area contributed by atoms with E-state index >= 15 is 0 Å². The predicted octanol–water partition coefficient (Wildman–Crippen LogP) is 2.01. The number of hydrogen-bond acceptors (Lipinski definition) is 4. The minimum Gasteiger partial charge on any atom is -0.311 e. The van der Waals surface area contributed by atoms with Gasteiger partial charge in [0.25, 0.3) is 0 Å². The van der Waals surface area contributed by atoms with E-state index in [-0.39, 0.29) is 11.8 Å². The van der Waals surface area contributed by atoms with Crippen molar-refractivity contribution in [3.05, 3.63) is 48.3 Å². The number of nitrogens with one attached hydrogen (secondary N) is 2. The van der Waals surface area contributed by atoms with Gasteiger partial charge in [-0.15, -0.1) is 0 Å². The maximum absolute atomic E-state index is 11.9. The van der Waals surface area contributed by atoms with Crippen LogP contribution in [0.5, 0.6) is 0 Å². The molecule has 0 spiro atoms. The summed E-state index contributed by atoms with van der Waals surface area (Å²) >= 11 is 0. The van der Waals surface area contributed by atoms with Crippen molar-refractivity contribution in [2.45, 2.75) is 19.8 Å². The fraction of sp³-hybridized carbons (Fsp3) is 0.200. The molecule has 2 heterocycles. The summed E-state index contributed by atoms with van der Waals surface area (Å²) in [6.07, 6.45) is 4.40. The highest BCUT2D eigenvalue weighted by molar-refractivity contribution is 5.91. The summed E-state index contributed by atoms with van der Waals surface area (Å²) in [4.78, 5) is 30.9. The van der Waals surface area contributed by atoms with E-state index in [4.69, 9.17) is 0 Å². The number of nitrogens with zero attached hydrogens (tertiary/aromatic N) is 2. The Kier molecular flexibility index (Phi) is 4.98. The summed E-state index contributed by atoms with van der Waals surface area (Å²) in [5, 5.41) is 5.28. The van der Waals surface area contributed by atoms with Gasteiger partial charge >= 0.3 is 0 Å². The first-order valence-electron chi connectivity index (χ1n) is 6.57. The van der Waals surface area contributed by atoms with E-state index < -0.39 is 0 Å². The Labute approximate surface area is 122 Å². The number of anilines is 2. The third-order valence-electron chi connectivity index (χ3n) is 2.71. The first-order valence-corrected chi connectivity index (χ1v) is 6.57. The number of aromatic nitrogens is 2. The van der Waals surface area contributed by atoms with Crippen molar-refractivity contribution in [3.8, 4) is 0 Å². The van der Waals surface area contributed by atoms with Crippen LogP contribution in [0.25, 0.3) is 0 Å². The van der Waals surface area contributed by atoms with Crippen LogP contribution in [0.3, 0.4) is 0 Å². The third kappa shape index (κ3) is 5.02. The molecule has 2 aromatic rings. The van der Waals surface area contributed by atoms with E-state index in [1.54, 1.807) is 30.6 Å². The lowest BCUT2D eigenvalue weighted by molar-refractivity contribution is -0.116. The van der Waals surface area contributed by atoms with Gasteiger partial charge in [0.05, 0.1) is 0 Å². The Morgan fingerprint density at radius 2 is 1.71 bits per heavy atom. The van der Waals surface area contributed by atoms with E-state index in [1.165, 1.54) is 6.92 Å².